The van der Waals surface area contributed by atoms with Gasteiger partial charge in [-0.15, -0.1) is 11.3 Å². The fourth-order valence-corrected chi connectivity index (χ4v) is 3.95. The van der Waals surface area contributed by atoms with Crippen molar-refractivity contribution in [2.75, 3.05) is 6.79 Å². The minimum atomic E-state index is -0.283. The molecule has 5 rings (SSSR count). The molecule has 0 unspecified atom stereocenters. The Morgan fingerprint density at radius 1 is 1.04 bits per heavy atom. The standard InChI is InChI=1S/C21H15FN2O3S/c22-15-4-6-16(7-5-15)23-21-24(17(12-28-21)18-2-1-9-25-18)11-14-3-8-19-20(10-14)27-13-26-19/h1-10,12H,11,13H2. The van der Waals surface area contributed by atoms with Crippen molar-refractivity contribution in [3.05, 3.63) is 82.4 Å². The van der Waals surface area contributed by atoms with Crippen LogP contribution in [-0.4, -0.2) is 11.4 Å². The first-order valence-electron chi connectivity index (χ1n) is 8.67. The highest BCUT2D eigenvalue weighted by Gasteiger charge is 2.15. The van der Waals surface area contributed by atoms with Gasteiger partial charge in [0.2, 0.25) is 6.79 Å². The molecular weight excluding hydrogens is 379 g/mol. The second-order valence-corrected chi connectivity index (χ2v) is 7.08. The van der Waals surface area contributed by atoms with E-state index < -0.39 is 0 Å². The second kappa shape index (κ2) is 7.01. The number of aromatic nitrogens is 1. The zero-order valence-corrected chi connectivity index (χ0v) is 15.5. The van der Waals surface area contributed by atoms with Gasteiger partial charge in [-0.25, -0.2) is 9.38 Å². The molecular formula is C21H15FN2O3S. The van der Waals surface area contributed by atoms with Crippen LogP contribution in [0.25, 0.3) is 11.5 Å². The summed E-state index contributed by atoms with van der Waals surface area (Å²) in [6, 6.07) is 15.8. The number of ether oxygens (including phenoxy) is 2. The Kier molecular flexibility index (Phi) is 4.21. The van der Waals surface area contributed by atoms with Gasteiger partial charge in [0.15, 0.2) is 22.1 Å². The third-order valence-corrected chi connectivity index (χ3v) is 5.26. The second-order valence-electron chi connectivity index (χ2n) is 6.24. The van der Waals surface area contributed by atoms with Crippen LogP contribution in [0.4, 0.5) is 10.1 Å². The van der Waals surface area contributed by atoms with Gasteiger partial charge in [0.1, 0.15) is 5.82 Å². The minimum Gasteiger partial charge on any atom is -0.463 e. The number of rotatable bonds is 4. The number of hydrogen-bond acceptors (Lipinski definition) is 5. The van der Waals surface area contributed by atoms with Crippen molar-refractivity contribution in [3.8, 4) is 23.0 Å². The fraction of sp³-hybridized carbons (Fsp3) is 0.0952. The third-order valence-electron chi connectivity index (χ3n) is 4.40. The van der Waals surface area contributed by atoms with Gasteiger partial charge < -0.3 is 18.5 Å². The molecule has 2 aromatic heterocycles. The van der Waals surface area contributed by atoms with E-state index >= 15 is 0 Å². The van der Waals surface area contributed by atoms with Crippen LogP contribution in [0.1, 0.15) is 5.56 Å². The van der Waals surface area contributed by atoms with Gasteiger partial charge in [-0.1, -0.05) is 6.07 Å². The quantitative estimate of drug-likeness (QED) is 0.492. The number of thiazole rings is 1. The Hall–Kier alpha value is -3.32. The van der Waals surface area contributed by atoms with Gasteiger partial charge >= 0.3 is 0 Å². The molecule has 0 saturated carbocycles. The van der Waals surface area contributed by atoms with Crippen LogP contribution in [0.3, 0.4) is 0 Å². The van der Waals surface area contributed by atoms with E-state index in [9.17, 15) is 4.39 Å². The van der Waals surface area contributed by atoms with E-state index in [0.717, 1.165) is 33.3 Å². The lowest BCUT2D eigenvalue weighted by Crippen LogP contribution is -2.16. The average molecular weight is 394 g/mol. The summed E-state index contributed by atoms with van der Waals surface area (Å²) >= 11 is 1.50. The van der Waals surface area contributed by atoms with Crippen molar-refractivity contribution >= 4 is 17.0 Å². The molecule has 0 N–H and O–H groups in total. The van der Waals surface area contributed by atoms with E-state index in [2.05, 4.69) is 4.57 Å². The van der Waals surface area contributed by atoms with Crippen LogP contribution in [0.5, 0.6) is 11.5 Å². The molecule has 0 saturated heterocycles. The van der Waals surface area contributed by atoms with E-state index in [1.165, 1.54) is 23.5 Å². The van der Waals surface area contributed by atoms with E-state index in [1.807, 2.05) is 35.7 Å². The highest BCUT2D eigenvalue weighted by atomic mass is 32.1. The molecule has 0 fully saturated rings. The molecule has 2 aromatic carbocycles. The van der Waals surface area contributed by atoms with Crippen LogP contribution in [0.2, 0.25) is 0 Å². The van der Waals surface area contributed by atoms with Gasteiger partial charge in [-0.2, -0.15) is 0 Å². The molecule has 0 radical (unpaired) electrons. The zero-order valence-electron chi connectivity index (χ0n) is 14.7. The first kappa shape index (κ1) is 16.8. The van der Waals surface area contributed by atoms with Gasteiger partial charge in [0.05, 0.1) is 24.2 Å². The van der Waals surface area contributed by atoms with Crippen molar-refractivity contribution < 1.29 is 18.3 Å². The maximum Gasteiger partial charge on any atom is 0.231 e. The molecule has 1 aliphatic rings. The summed E-state index contributed by atoms with van der Waals surface area (Å²) in [5.41, 5.74) is 2.67. The Labute approximate surface area is 163 Å². The lowest BCUT2D eigenvalue weighted by molar-refractivity contribution is 0.174. The average Bonchev–Trinajstić information content (AvgIpc) is 3.45. The summed E-state index contributed by atoms with van der Waals surface area (Å²) in [6.45, 7) is 0.823. The normalized spacial score (nSPS) is 13.2. The number of benzene rings is 2. The molecule has 0 aliphatic carbocycles. The Morgan fingerprint density at radius 3 is 2.71 bits per heavy atom. The van der Waals surface area contributed by atoms with E-state index in [0.29, 0.717) is 12.2 Å². The highest BCUT2D eigenvalue weighted by molar-refractivity contribution is 7.07. The van der Waals surface area contributed by atoms with E-state index in [1.54, 1.807) is 18.4 Å². The van der Waals surface area contributed by atoms with Crippen LogP contribution in [-0.2, 0) is 6.54 Å². The summed E-state index contributed by atoms with van der Waals surface area (Å²) in [7, 11) is 0. The van der Waals surface area contributed by atoms with Gasteiger partial charge in [-0.3, -0.25) is 0 Å². The molecule has 0 amide bonds. The molecule has 0 atom stereocenters. The van der Waals surface area contributed by atoms with E-state index in [4.69, 9.17) is 18.9 Å². The first-order valence-corrected chi connectivity index (χ1v) is 9.55. The van der Waals surface area contributed by atoms with Crippen molar-refractivity contribution in [2.45, 2.75) is 6.54 Å². The highest BCUT2D eigenvalue weighted by Crippen LogP contribution is 2.33. The number of nitrogens with zero attached hydrogens (tertiary/aromatic N) is 2. The summed E-state index contributed by atoms with van der Waals surface area (Å²) in [5, 5.41) is 2.01. The van der Waals surface area contributed by atoms with Gasteiger partial charge in [-0.05, 0) is 54.1 Å². The Bertz CT molecular complexity index is 1180. The molecule has 28 heavy (non-hydrogen) atoms. The fourth-order valence-electron chi connectivity index (χ4n) is 3.04. The third kappa shape index (κ3) is 3.20. The topological polar surface area (TPSA) is 48.9 Å². The molecule has 0 bridgehead atoms. The lowest BCUT2D eigenvalue weighted by atomic mass is 10.2. The molecule has 7 heteroatoms. The molecule has 1 aliphatic heterocycles. The van der Waals surface area contributed by atoms with E-state index in [-0.39, 0.29) is 12.6 Å². The predicted molar refractivity (Wildman–Crippen MR) is 103 cm³/mol. The molecule has 5 nitrogen and oxygen atoms in total. The summed E-state index contributed by atoms with van der Waals surface area (Å²) < 4.78 is 31.8. The molecule has 140 valence electrons. The molecule has 3 heterocycles. The monoisotopic (exact) mass is 394 g/mol. The number of furan rings is 1. The van der Waals surface area contributed by atoms with Gasteiger partial charge in [0, 0.05) is 5.38 Å². The van der Waals surface area contributed by atoms with Crippen molar-refractivity contribution in [1.29, 1.82) is 0 Å². The first-order chi connectivity index (χ1) is 13.8. The van der Waals surface area contributed by atoms with Crippen LogP contribution < -0.4 is 14.3 Å². The van der Waals surface area contributed by atoms with Crippen molar-refractivity contribution in [1.82, 2.24) is 4.57 Å². The smallest absolute Gasteiger partial charge is 0.231 e. The van der Waals surface area contributed by atoms with Gasteiger partial charge in [0.25, 0.3) is 0 Å². The largest absolute Gasteiger partial charge is 0.463 e. The Balaban J connectivity index is 1.59. The maximum atomic E-state index is 13.2. The zero-order chi connectivity index (χ0) is 18.9. The van der Waals surface area contributed by atoms with Crippen LogP contribution in [0.15, 0.2) is 75.7 Å². The number of hydrogen-bond donors (Lipinski definition) is 0. The number of fused-ring (bicyclic) bond motifs is 1. The summed E-state index contributed by atoms with van der Waals surface area (Å²) in [4.78, 5) is 5.49. The summed E-state index contributed by atoms with van der Waals surface area (Å²) in [6.07, 6.45) is 1.65. The van der Waals surface area contributed by atoms with Crippen molar-refractivity contribution in [2.24, 2.45) is 4.99 Å². The van der Waals surface area contributed by atoms with Crippen LogP contribution >= 0.6 is 11.3 Å². The van der Waals surface area contributed by atoms with Crippen molar-refractivity contribution in [3.63, 3.8) is 0 Å². The maximum absolute atomic E-state index is 13.2. The molecule has 4 aromatic rings. The SMILES string of the molecule is Fc1ccc(N=c2scc(-c3ccco3)n2Cc2ccc3c(c2)OCO3)cc1. The predicted octanol–water partition coefficient (Wildman–Crippen LogP) is 4.96. The lowest BCUT2D eigenvalue weighted by Gasteiger charge is -2.08. The number of halogens is 1. The summed E-state index contributed by atoms with van der Waals surface area (Å²) in [5.74, 6) is 1.97. The Morgan fingerprint density at radius 2 is 1.89 bits per heavy atom. The van der Waals surface area contributed by atoms with Crippen LogP contribution in [0, 0.1) is 5.82 Å². The molecule has 0 spiro atoms. The minimum absolute atomic E-state index is 0.243.